The number of hydrogen-bond donors (Lipinski definition) is 2. The SMILES string of the molecule is CCN(CC)CCCNC[C@H](O)COc1ccc(C(C)=O)cc1OC. The Hall–Kier alpha value is -1.63. The lowest BCUT2D eigenvalue weighted by atomic mass is 10.1. The summed E-state index contributed by atoms with van der Waals surface area (Å²) >= 11 is 0. The average Bonchev–Trinajstić information content (AvgIpc) is 2.62. The van der Waals surface area contributed by atoms with E-state index < -0.39 is 6.10 Å². The molecule has 0 aromatic heterocycles. The summed E-state index contributed by atoms with van der Waals surface area (Å²) in [6, 6.07) is 5.04. The van der Waals surface area contributed by atoms with Gasteiger partial charge in [0.1, 0.15) is 12.7 Å². The van der Waals surface area contributed by atoms with Crippen molar-refractivity contribution in [1.29, 1.82) is 0 Å². The van der Waals surface area contributed by atoms with Crippen LogP contribution in [0.1, 0.15) is 37.6 Å². The van der Waals surface area contributed by atoms with Crippen LogP contribution in [-0.4, -0.2) is 68.3 Å². The fourth-order valence-electron chi connectivity index (χ4n) is 2.49. The summed E-state index contributed by atoms with van der Waals surface area (Å²) < 4.78 is 10.9. The van der Waals surface area contributed by atoms with Gasteiger partial charge in [-0.05, 0) is 57.7 Å². The zero-order chi connectivity index (χ0) is 18.7. The number of ketones is 1. The first-order valence-corrected chi connectivity index (χ1v) is 8.94. The highest BCUT2D eigenvalue weighted by molar-refractivity contribution is 5.94. The minimum atomic E-state index is -0.606. The number of carbonyl (C=O) groups excluding carboxylic acids is 1. The third-order valence-corrected chi connectivity index (χ3v) is 4.10. The fourth-order valence-corrected chi connectivity index (χ4v) is 2.49. The second-order valence-electron chi connectivity index (χ2n) is 5.97. The molecule has 1 rings (SSSR count). The molecule has 0 radical (unpaired) electrons. The Morgan fingerprint density at radius 3 is 2.60 bits per heavy atom. The minimum absolute atomic E-state index is 0.0289. The molecule has 0 fully saturated rings. The number of Topliss-reactive ketones (excluding diaryl/α,β-unsaturated/α-hetero) is 1. The van der Waals surface area contributed by atoms with Gasteiger partial charge in [-0.25, -0.2) is 0 Å². The number of aliphatic hydroxyl groups is 1. The van der Waals surface area contributed by atoms with Gasteiger partial charge in [-0.15, -0.1) is 0 Å². The number of rotatable bonds is 13. The molecule has 0 heterocycles. The molecule has 2 N–H and O–H groups in total. The van der Waals surface area contributed by atoms with E-state index in [4.69, 9.17) is 9.47 Å². The maximum atomic E-state index is 11.4. The predicted molar refractivity (Wildman–Crippen MR) is 99.8 cm³/mol. The summed E-state index contributed by atoms with van der Waals surface area (Å²) in [6.07, 6.45) is 0.445. The highest BCUT2D eigenvalue weighted by Gasteiger charge is 2.11. The van der Waals surface area contributed by atoms with Crippen molar-refractivity contribution in [2.24, 2.45) is 0 Å². The summed E-state index contributed by atoms with van der Waals surface area (Å²) in [7, 11) is 1.53. The van der Waals surface area contributed by atoms with Gasteiger partial charge in [-0.3, -0.25) is 4.79 Å². The van der Waals surface area contributed by atoms with Crippen LogP contribution in [0, 0.1) is 0 Å². The molecule has 142 valence electrons. The molecule has 0 saturated heterocycles. The highest BCUT2D eigenvalue weighted by Crippen LogP contribution is 2.28. The first-order valence-electron chi connectivity index (χ1n) is 8.94. The summed E-state index contributed by atoms with van der Waals surface area (Å²) in [5.74, 6) is 0.985. The number of ether oxygens (including phenoxy) is 2. The van der Waals surface area contributed by atoms with E-state index in [1.807, 2.05) is 0 Å². The highest BCUT2D eigenvalue weighted by atomic mass is 16.5. The quantitative estimate of drug-likeness (QED) is 0.418. The van der Waals surface area contributed by atoms with Crippen LogP contribution in [0.3, 0.4) is 0 Å². The molecule has 0 amide bonds. The molecule has 0 aliphatic heterocycles. The van der Waals surface area contributed by atoms with Crippen LogP contribution in [0.4, 0.5) is 0 Å². The summed E-state index contributed by atoms with van der Waals surface area (Å²) in [5.41, 5.74) is 0.569. The van der Waals surface area contributed by atoms with Gasteiger partial charge in [0, 0.05) is 12.1 Å². The Kier molecular flexibility index (Phi) is 10.1. The van der Waals surface area contributed by atoms with Crippen molar-refractivity contribution in [3.05, 3.63) is 23.8 Å². The molecule has 1 aromatic carbocycles. The molecule has 1 aromatic rings. The fraction of sp³-hybridized carbons (Fsp3) is 0.632. The number of methoxy groups -OCH3 is 1. The van der Waals surface area contributed by atoms with Crippen LogP contribution in [-0.2, 0) is 0 Å². The first kappa shape index (κ1) is 21.4. The van der Waals surface area contributed by atoms with E-state index in [0.717, 1.165) is 32.6 Å². The van der Waals surface area contributed by atoms with Gasteiger partial charge in [-0.1, -0.05) is 13.8 Å². The number of nitrogens with one attached hydrogen (secondary N) is 1. The maximum absolute atomic E-state index is 11.4. The summed E-state index contributed by atoms with van der Waals surface area (Å²) in [6.45, 7) is 10.5. The number of aliphatic hydroxyl groups excluding tert-OH is 1. The van der Waals surface area contributed by atoms with Crippen molar-refractivity contribution >= 4 is 5.78 Å². The van der Waals surface area contributed by atoms with E-state index in [1.54, 1.807) is 18.2 Å². The molecule has 0 unspecified atom stereocenters. The van der Waals surface area contributed by atoms with Gasteiger partial charge < -0.3 is 24.8 Å². The van der Waals surface area contributed by atoms with Crippen molar-refractivity contribution in [1.82, 2.24) is 10.2 Å². The largest absolute Gasteiger partial charge is 0.493 e. The van der Waals surface area contributed by atoms with Gasteiger partial charge >= 0.3 is 0 Å². The van der Waals surface area contributed by atoms with E-state index in [-0.39, 0.29) is 12.4 Å². The lowest BCUT2D eigenvalue weighted by molar-refractivity contribution is 0.101. The summed E-state index contributed by atoms with van der Waals surface area (Å²) in [5, 5.41) is 13.3. The smallest absolute Gasteiger partial charge is 0.161 e. The Morgan fingerprint density at radius 2 is 2.00 bits per heavy atom. The first-order chi connectivity index (χ1) is 12.0. The molecule has 0 aliphatic carbocycles. The standard InChI is InChI=1S/C19H32N2O4/c1-5-21(6-2)11-7-10-20-13-17(23)14-25-18-9-8-16(15(3)22)12-19(18)24-4/h8-9,12,17,20,23H,5-7,10-11,13-14H2,1-4H3/t17-/m0/s1. The van der Waals surface area contributed by atoms with Crippen LogP contribution in [0.15, 0.2) is 18.2 Å². The average molecular weight is 352 g/mol. The Balaban J connectivity index is 2.32. The van der Waals surface area contributed by atoms with E-state index in [2.05, 4.69) is 24.1 Å². The van der Waals surface area contributed by atoms with Crippen molar-refractivity contribution in [2.45, 2.75) is 33.3 Å². The number of nitrogens with zero attached hydrogens (tertiary/aromatic N) is 1. The molecule has 0 bridgehead atoms. The Morgan fingerprint density at radius 1 is 1.28 bits per heavy atom. The Bertz CT molecular complexity index is 518. The minimum Gasteiger partial charge on any atom is -0.493 e. The van der Waals surface area contributed by atoms with Crippen molar-refractivity contribution < 1.29 is 19.4 Å². The van der Waals surface area contributed by atoms with Crippen LogP contribution in [0.25, 0.3) is 0 Å². The molecule has 0 spiro atoms. The van der Waals surface area contributed by atoms with Gasteiger partial charge in [0.2, 0.25) is 0 Å². The Labute approximate surface area is 151 Å². The monoisotopic (exact) mass is 352 g/mol. The van der Waals surface area contributed by atoms with Crippen LogP contribution in [0.5, 0.6) is 11.5 Å². The molecular weight excluding hydrogens is 320 g/mol. The van der Waals surface area contributed by atoms with Crippen LogP contribution in [0.2, 0.25) is 0 Å². The van der Waals surface area contributed by atoms with E-state index in [0.29, 0.717) is 23.6 Å². The maximum Gasteiger partial charge on any atom is 0.161 e. The zero-order valence-corrected chi connectivity index (χ0v) is 15.9. The van der Waals surface area contributed by atoms with E-state index in [1.165, 1.54) is 14.0 Å². The second kappa shape index (κ2) is 11.8. The van der Waals surface area contributed by atoms with Crippen molar-refractivity contribution in [2.75, 3.05) is 46.4 Å². The van der Waals surface area contributed by atoms with Gasteiger partial charge in [0.25, 0.3) is 0 Å². The van der Waals surface area contributed by atoms with Crippen molar-refractivity contribution in [3.8, 4) is 11.5 Å². The topological polar surface area (TPSA) is 71.0 Å². The normalized spacial score (nSPS) is 12.2. The van der Waals surface area contributed by atoms with Crippen molar-refractivity contribution in [3.63, 3.8) is 0 Å². The van der Waals surface area contributed by atoms with Gasteiger partial charge in [0.05, 0.1) is 7.11 Å². The number of hydrogen-bond acceptors (Lipinski definition) is 6. The van der Waals surface area contributed by atoms with Crippen LogP contribution >= 0.6 is 0 Å². The summed E-state index contributed by atoms with van der Waals surface area (Å²) in [4.78, 5) is 13.8. The number of benzene rings is 1. The third kappa shape index (κ3) is 7.86. The van der Waals surface area contributed by atoms with E-state index in [9.17, 15) is 9.90 Å². The molecule has 0 aliphatic rings. The third-order valence-electron chi connectivity index (χ3n) is 4.10. The van der Waals surface area contributed by atoms with Crippen LogP contribution < -0.4 is 14.8 Å². The molecular formula is C19H32N2O4. The lowest BCUT2D eigenvalue weighted by Gasteiger charge is -2.18. The zero-order valence-electron chi connectivity index (χ0n) is 15.9. The molecule has 6 nitrogen and oxygen atoms in total. The molecule has 0 saturated carbocycles. The number of carbonyl (C=O) groups is 1. The second-order valence-corrected chi connectivity index (χ2v) is 5.97. The molecule has 1 atom stereocenters. The molecule has 25 heavy (non-hydrogen) atoms. The van der Waals surface area contributed by atoms with Gasteiger partial charge in [-0.2, -0.15) is 0 Å². The van der Waals surface area contributed by atoms with Gasteiger partial charge in [0.15, 0.2) is 17.3 Å². The molecule has 6 heteroatoms. The van der Waals surface area contributed by atoms with E-state index >= 15 is 0 Å². The predicted octanol–water partition coefficient (Wildman–Crippen LogP) is 1.96. The lowest BCUT2D eigenvalue weighted by Crippen LogP contribution is -2.33.